The van der Waals surface area contributed by atoms with Gasteiger partial charge in [-0.1, -0.05) is 0 Å². The molecular weight excluding hydrogens is 478 g/mol. The summed E-state index contributed by atoms with van der Waals surface area (Å²) < 4.78 is 17.9. The van der Waals surface area contributed by atoms with E-state index in [4.69, 9.17) is 14.2 Å². The van der Waals surface area contributed by atoms with E-state index >= 15 is 0 Å². The number of nitrogens with zero attached hydrogens (tertiary/aromatic N) is 4. The lowest BCUT2D eigenvalue weighted by Crippen LogP contribution is -2.12. The van der Waals surface area contributed by atoms with Crippen molar-refractivity contribution in [3.63, 3.8) is 0 Å². The number of carbonyl (C=O) groups excluding carboxylic acids is 1. The number of hydrogen-bond donors (Lipinski definition) is 1. The van der Waals surface area contributed by atoms with Crippen LogP contribution in [0.3, 0.4) is 0 Å². The summed E-state index contributed by atoms with van der Waals surface area (Å²) in [6, 6.07) is 20.1. The lowest BCUT2D eigenvalue weighted by Gasteiger charge is -2.09. The van der Waals surface area contributed by atoms with Crippen LogP contribution in [0.25, 0.3) is 17.1 Å². The molecule has 0 saturated carbocycles. The van der Waals surface area contributed by atoms with Gasteiger partial charge in [-0.3, -0.25) is 14.9 Å². The number of nitro groups is 1. The quantitative estimate of drug-likeness (QED) is 0.180. The molecule has 4 rings (SSSR count). The van der Waals surface area contributed by atoms with Crippen LogP contribution in [-0.4, -0.2) is 52.5 Å². The fraction of sp³-hybridized carbons (Fsp3) is 0.192. The molecule has 0 unspecified atom stereocenters. The highest BCUT2D eigenvalue weighted by Crippen LogP contribution is 2.26. The average molecular weight is 504 g/mol. The smallest absolute Gasteiger partial charge is 0.336 e. The number of amides is 1. The molecule has 0 aliphatic heterocycles. The molecule has 0 saturated heterocycles. The number of non-ortho nitro benzene ring substituents is 1. The van der Waals surface area contributed by atoms with Gasteiger partial charge in [0.15, 0.2) is 5.82 Å². The Morgan fingerprint density at radius 3 is 2.32 bits per heavy atom. The third-order valence-electron chi connectivity index (χ3n) is 5.31. The van der Waals surface area contributed by atoms with Gasteiger partial charge in [-0.25, -0.2) is 4.68 Å². The van der Waals surface area contributed by atoms with E-state index in [2.05, 4.69) is 15.4 Å². The molecule has 190 valence electrons. The average Bonchev–Trinajstić information content (AvgIpc) is 3.36. The van der Waals surface area contributed by atoms with E-state index in [-0.39, 0.29) is 17.6 Å². The Morgan fingerprint density at radius 1 is 1.00 bits per heavy atom. The van der Waals surface area contributed by atoms with Crippen molar-refractivity contribution in [3.05, 3.63) is 88.5 Å². The van der Waals surface area contributed by atoms with Gasteiger partial charge in [0.05, 0.1) is 24.3 Å². The second kappa shape index (κ2) is 11.8. The number of rotatable bonds is 11. The Morgan fingerprint density at radius 2 is 1.70 bits per heavy atom. The first kappa shape index (κ1) is 25.3. The minimum Gasteiger partial charge on any atom is -0.497 e. The van der Waals surface area contributed by atoms with Gasteiger partial charge in [-0.2, -0.15) is 4.98 Å². The molecular formula is C26H25N5O6. The minimum absolute atomic E-state index is 0.0809. The molecule has 0 aliphatic carbocycles. The summed E-state index contributed by atoms with van der Waals surface area (Å²) in [6.07, 6.45) is 0. The summed E-state index contributed by atoms with van der Waals surface area (Å²) in [4.78, 5) is 27.4. The van der Waals surface area contributed by atoms with Crippen LogP contribution in [0.5, 0.6) is 11.8 Å². The highest BCUT2D eigenvalue weighted by Gasteiger charge is 2.16. The van der Waals surface area contributed by atoms with Gasteiger partial charge in [0.1, 0.15) is 12.4 Å². The van der Waals surface area contributed by atoms with Crippen molar-refractivity contribution < 1.29 is 23.9 Å². The number of carbonyl (C=O) groups is 1. The molecule has 3 aromatic carbocycles. The van der Waals surface area contributed by atoms with Crippen molar-refractivity contribution in [2.75, 3.05) is 32.2 Å². The third kappa shape index (κ3) is 6.27. The molecule has 1 amide bonds. The van der Waals surface area contributed by atoms with Crippen molar-refractivity contribution in [2.24, 2.45) is 0 Å². The zero-order valence-corrected chi connectivity index (χ0v) is 20.3. The maximum Gasteiger partial charge on any atom is 0.336 e. The Bertz CT molecular complexity index is 1350. The summed E-state index contributed by atoms with van der Waals surface area (Å²) in [5, 5.41) is 18.1. The van der Waals surface area contributed by atoms with E-state index in [9.17, 15) is 14.9 Å². The van der Waals surface area contributed by atoms with E-state index in [1.807, 2.05) is 31.2 Å². The topological polar surface area (TPSA) is 131 Å². The first-order valence-electron chi connectivity index (χ1n) is 11.5. The standard InChI is InChI=1S/C26H25N5O6/c1-3-36-16-17-37-26-28-24(18-6-14-23(35-2)15-7-18)30(29-26)21-12-8-20(9-13-21)27-25(32)19-4-10-22(11-5-19)31(33)34/h4-15H,3,16-17H2,1-2H3,(H,27,32). The molecule has 0 fully saturated rings. The lowest BCUT2D eigenvalue weighted by molar-refractivity contribution is -0.384. The molecule has 37 heavy (non-hydrogen) atoms. The Kier molecular flexibility index (Phi) is 8.06. The second-order valence-corrected chi connectivity index (χ2v) is 7.71. The summed E-state index contributed by atoms with van der Waals surface area (Å²) in [7, 11) is 1.60. The van der Waals surface area contributed by atoms with Gasteiger partial charge in [-0.15, -0.1) is 5.10 Å². The normalized spacial score (nSPS) is 10.6. The maximum atomic E-state index is 12.5. The van der Waals surface area contributed by atoms with Gasteiger partial charge in [0, 0.05) is 35.6 Å². The van der Waals surface area contributed by atoms with Crippen LogP contribution in [0.15, 0.2) is 72.8 Å². The number of anilines is 1. The second-order valence-electron chi connectivity index (χ2n) is 7.71. The predicted molar refractivity (Wildman–Crippen MR) is 136 cm³/mol. The van der Waals surface area contributed by atoms with Crippen molar-refractivity contribution in [3.8, 4) is 28.8 Å². The van der Waals surface area contributed by atoms with Gasteiger partial charge < -0.3 is 19.5 Å². The highest BCUT2D eigenvalue weighted by atomic mass is 16.6. The number of aromatic nitrogens is 3. The molecule has 0 radical (unpaired) electrons. The van der Waals surface area contributed by atoms with Crippen LogP contribution in [0.4, 0.5) is 11.4 Å². The number of ether oxygens (including phenoxy) is 3. The molecule has 0 atom stereocenters. The van der Waals surface area contributed by atoms with Crippen LogP contribution in [-0.2, 0) is 4.74 Å². The van der Waals surface area contributed by atoms with Crippen LogP contribution in [0, 0.1) is 10.1 Å². The van der Waals surface area contributed by atoms with Crippen LogP contribution < -0.4 is 14.8 Å². The van der Waals surface area contributed by atoms with Crippen LogP contribution in [0.2, 0.25) is 0 Å². The van der Waals surface area contributed by atoms with Crippen molar-refractivity contribution in [1.82, 2.24) is 14.8 Å². The summed E-state index contributed by atoms with van der Waals surface area (Å²) in [6.45, 7) is 3.24. The minimum atomic E-state index is -0.514. The predicted octanol–water partition coefficient (Wildman–Crippen LogP) is 4.52. The zero-order chi connectivity index (χ0) is 26.2. The number of benzene rings is 3. The zero-order valence-electron chi connectivity index (χ0n) is 20.3. The van der Waals surface area contributed by atoms with Crippen LogP contribution in [0.1, 0.15) is 17.3 Å². The SMILES string of the molecule is CCOCCOc1nc(-c2ccc(OC)cc2)n(-c2ccc(NC(=O)c3ccc([N+](=O)[O-])cc3)cc2)n1. The molecule has 0 aliphatic rings. The highest BCUT2D eigenvalue weighted by molar-refractivity contribution is 6.04. The van der Waals surface area contributed by atoms with Gasteiger partial charge in [0.2, 0.25) is 0 Å². The molecule has 1 heterocycles. The van der Waals surface area contributed by atoms with E-state index in [1.165, 1.54) is 24.3 Å². The number of nitro benzene ring substituents is 1. The lowest BCUT2D eigenvalue weighted by atomic mass is 10.2. The summed E-state index contributed by atoms with van der Waals surface area (Å²) >= 11 is 0. The van der Waals surface area contributed by atoms with Crippen molar-refractivity contribution >= 4 is 17.3 Å². The first-order valence-corrected chi connectivity index (χ1v) is 11.5. The molecule has 0 bridgehead atoms. The van der Waals surface area contributed by atoms with Gasteiger partial charge in [-0.05, 0) is 67.6 Å². The molecule has 0 spiro atoms. The van der Waals surface area contributed by atoms with E-state index in [0.717, 1.165) is 11.3 Å². The molecule has 11 heteroatoms. The van der Waals surface area contributed by atoms with Crippen LogP contribution >= 0.6 is 0 Å². The summed E-state index contributed by atoms with van der Waals surface area (Å²) in [5.74, 6) is 0.903. The van der Waals surface area contributed by atoms with Gasteiger partial charge in [0.25, 0.3) is 11.6 Å². The molecule has 11 nitrogen and oxygen atoms in total. The molecule has 4 aromatic rings. The van der Waals surface area contributed by atoms with E-state index in [0.29, 0.717) is 42.6 Å². The Balaban J connectivity index is 1.55. The monoisotopic (exact) mass is 503 g/mol. The van der Waals surface area contributed by atoms with E-state index < -0.39 is 4.92 Å². The number of nitrogens with one attached hydrogen (secondary N) is 1. The molecule has 1 N–H and O–H groups in total. The fourth-order valence-corrected chi connectivity index (χ4v) is 3.42. The van der Waals surface area contributed by atoms with Crippen molar-refractivity contribution in [2.45, 2.75) is 6.92 Å². The third-order valence-corrected chi connectivity index (χ3v) is 5.31. The van der Waals surface area contributed by atoms with Crippen molar-refractivity contribution in [1.29, 1.82) is 0 Å². The van der Waals surface area contributed by atoms with E-state index in [1.54, 1.807) is 36.1 Å². The number of methoxy groups -OCH3 is 1. The fourth-order valence-electron chi connectivity index (χ4n) is 3.42. The molecule has 1 aromatic heterocycles. The first-order chi connectivity index (χ1) is 18.0. The summed E-state index contributed by atoms with van der Waals surface area (Å²) in [5.41, 5.74) is 2.28. The Hall–Kier alpha value is -4.77. The number of hydrogen-bond acceptors (Lipinski definition) is 8. The van der Waals surface area contributed by atoms with Gasteiger partial charge >= 0.3 is 6.01 Å². The maximum absolute atomic E-state index is 12.5. The largest absolute Gasteiger partial charge is 0.497 e. The Labute approximate surface area is 212 Å².